The normalized spacial score (nSPS) is 25.2. The summed E-state index contributed by atoms with van der Waals surface area (Å²) in [6.07, 6.45) is 5.11. The Morgan fingerprint density at radius 3 is 2.33 bits per heavy atom. The standard InChI is InChI=1S/C21H25Cl3O2S/c22-14-8-13(9-15(23)10-14)4-7-19-18(20(24)11-21(19)26)3-1-2-16-5-6-17(12-25)27-16/h5-6,8-10,18-21,25-26H,1-4,7,11-12H2. The molecule has 1 aromatic heterocycles. The number of aryl methyl sites for hydroxylation is 2. The molecule has 148 valence electrons. The van der Waals surface area contributed by atoms with Gasteiger partial charge in [0.2, 0.25) is 0 Å². The van der Waals surface area contributed by atoms with Crippen molar-refractivity contribution in [1.29, 1.82) is 0 Å². The first-order valence-corrected chi connectivity index (χ1v) is 11.4. The first-order valence-electron chi connectivity index (χ1n) is 9.42. The lowest BCUT2D eigenvalue weighted by Crippen LogP contribution is -2.21. The minimum atomic E-state index is -0.338. The van der Waals surface area contributed by atoms with Gasteiger partial charge in [-0.05, 0) is 86.3 Å². The fourth-order valence-electron chi connectivity index (χ4n) is 4.18. The third kappa shape index (κ3) is 5.85. The van der Waals surface area contributed by atoms with Gasteiger partial charge in [0.05, 0.1) is 12.7 Å². The van der Waals surface area contributed by atoms with Crippen molar-refractivity contribution in [3.05, 3.63) is 55.7 Å². The van der Waals surface area contributed by atoms with E-state index in [9.17, 15) is 10.2 Å². The molecule has 4 unspecified atom stereocenters. The van der Waals surface area contributed by atoms with E-state index in [2.05, 4.69) is 6.07 Å². The highest BCUT2D eigenvalue weighted by molar-refractivity contribution is 7.11. The molecule has 1 saturated carbocycles. The number of alkyl halides is 1. The molecule has 2 aromatic rings. The molecular formula is C21H25Cl3O2S. The molecule has 1 fully saturated rings. The molecule has 1 aliphatic carbocycles. The molecule has 0 amide bonds. The van der Waals surface area contributed by atoms with E-state index in [1.807, 2.05) is 18.2 Å². The third-order valence-corrected chi connectivity index (χ3v) is 7.57. The van der Waals surface area contributed by atoms with Gasteiger partial charge in [-0.1, -0.05) is 23.2 Å². The van der Waals surface area contributed by atoms with Gasteiger partial charge in [0.25, 0.3) is 0 Å². The summed E-state index contributed by atoms with van der Waals surface area (Å²) < 4.78 is 0. The number of halogens is 3. The highest BCUT2D eigenvalue weighted by Gasteiger charge is 2.40. The number of aliphatic hydroxyl groups is 2. The summed E-state index contributed by atoms with van der Waals surface area (Å²) in [5, 5.41) is 21.0. The molecule has 1 aromatic carbocycles. The fourth-order valence-corrected chi connectivity index (χ4v) is 6.16. The predicted molar refractivity (Wildman–Crippen MR) is 115 cm³/mol. The van der Waals surface area contributed by atoms with Gasteiger partial charge in [0.1, 0.15) is 0 Å². The van der Waals surface area contributed by atoms with E-state index >= 15 is 0 Å². The highest BCUT2D eigenvalue weighted by Crippen LogP contribution is 2.41. The van der Waals surface area contributed by atoms with Crippen LogP contribution in [0.5, 0.6) is 0 Å². The zero-order chi connectivity index (χ0) is 19.4. The van der Waals surface area contributed by atoms with Crippen LogP contribution in [0.4, 0.5) is 0 Å². The second kappa shape index (κ2) is 9.96. The average Bonchev–Trinajstić information content (AvgIpc) is 3.17. The Morgan fingerprint density at radius 1 is 0.963 bits per heavy atom. The van der Waals surface area contributed by atoms with Crippen LogP contribution in [-0.2, 0) is 19.4 Å². The largest absolute Gasteiger partial charge is 0.393 e. The van der Waals surface area contributed by atoms with Crippen LogP contribution in [-0.4, -0.2) is 21.7 Å². The van der Waals surface area contributed by atoms with Crippen molar-refractivity contribution in [2.75, 3.05) is 0 Å². The minimum Gasteiger partial charge on any atom is -0.393 e. The predicted octanol–water partition coefficient (Wildman–Crippen LogP) is 6.11. The van der Waals surface area contributed by atoms with E-state index in [0.29, 0.717) is 22.4 Å². The van der Waals surface area contributed by atoms with Gasteiger partial charge < -0.3 is 10.2 Å². The van der Waals surface area contributed by atoms with Gasteiger partial charge in [-0.15, -0.1) is 22.9 Å². The van der Waals surface area contributed by atoms with Gasteiger partial charge in [-0.25, -0.2) is 0 Å². The maximum absolute atomic E-state index is 10.5. The second-order valence-electron chi connectivity index (χ2n) is 7.38. The minimum absolute atomic E-state index is 0.0317. The van der Waals surface area contributed by atoms with Gasteiger partial charge in [0.15, 0.2) is 0 Å². The maximum Gasteiger partial charge on any atom is 0.0774 e. The van der Waals surface area contributed by atoms with E-state index in [4.69, 9.17) is 34.8 Å². The number of hydrogen-bond donors (Lipinski definition) is 2. The summed E-state index contributed by atoms with van der Waals surface area (Å²) in [4.78, 5) is 2.31. The zero-order valence-corrected chi connectivity index (χ0v) is 18.2. The average molecular weight is 448 g/mol. The zero-order valence-electron chi connectivity index (χ0n) is 15.1. The maximum atomic E-state index is 10.5. The van der Waals surface area contributed by atoms with E-state index in [-0.39, 0.29) is 24.0 Å². The van der Waals surface area contributed by atoms with Crippen LogP contribution >= 0.6 is 46.1 Å². The molecule has 0 aliphatic heterocycles. The summed E-state index contributed by atoms with van der Waals surface area (Å²) in [5.41, 5.74) is 1.10. The molecule has 4 atom stereocenters. The SMILES string of the molecule is OCc1ccc(CCCC2C(Cl)CC(O)C2CCc2cc(Cl)cc(Cl)c2)s1. The lowest BCUT2D eigenvalue weighted by Gasteiger charge is -2.23. The first-order chi connectivity index (χ1) is 13.0. The molecule has 27 heavy (non-hydrogen) atoms. The molecule has 0 spiro atoms. The van der Waals surface area contributed by atoms with Crippen molar-refractivity contribution in [3.63, 3.8) is 0 Å². The lowest BCUT2D eigenvalue weighted by molar-refractivity contribution is 0.109. The van der Waals surface area contributed by atoms with Crippen molar-refractivity contribution in [1.82, 2.24) is 0 Å². The Kier molecular flexibility index (Phi) is 7.90. The van der Waals surface area contributed by atoms with Crippen molar-refractivity contribution >= 4 is 46.1 Å². The Morgan fingerprint density at radius 2 is 1.67 bits per heavy atom. The van der Waals surface area contributed by atoms with E-state index in [0.717, 1.165) is 42.5 Å². The van der Waals surface area contributed by atoms with Gasteiger partial charge >= 0.3 is 0 Å². The highest BCUT2D eigenvalue weighted by atomic mass is 35.5. The van der Waals surface area contributed by atoms with Crippen LogP contribution in [0.25, 0.3) is 0 Å². The van der Waals surface area contributed by atoms with Gasteiger partial charge in [-0.3, -0.25) is 0 Å². The smallest absolute Gasteiger partial charge is 0.0774 e. The van der Waals surface area contributed by atoms with Crippen LogP contribution in [0.15, 0.2) is 30.3 Å². The van der Waals surface area contributed by atoms with E-state index < -0.39 is 0 Å². The van der Waals surface area contributed by atoms with Crippen LogP contribution < -0.4 is 0 Å². The molecule has 0 saturated heterocycles. The topological polar surface area (TPSA) is 40.5 Å². The molecule has 0 radical (unpaired) electrons. The second-order valence-corrected chi connectivity index (χ2v) is 10.1. The number of rotatable bonds is 8. The van der Waals surface area contributed by atoms with Crippen LogP contribution in [0.3, 0.4) is 0 Å². The Labute approximate surface area is 180 Å². The Bertz CT molecular complexity index is 729. The number of thiophene rings is 1. The van der Waals surface area contributed by atoms with Crippen molar-refractivity contribution < 1.29 is 10.2 Å². The number of hydrogen-bond acceptors (Lipinski definition) is 3. The summed E-state index contributed by atoms with van der Waals surface area (Å²) >= 11 is 20.4. The summed E-state index contributed by atoms with van der Waals surface area (Å²) in [5.74, 6) is 0.537. The van der Waals surface area contributed by atoms with Crippen molar-refractivity contribution in [2.24, 2.45) is 11.8 Å². The Hall–Kier alpha value is -0.290. The fraction of sp³-hybridized carbons (Fsp3) is 0.524. The molecule has 2 nitrogen and oxygen atoms in total. The number of benzene rings is 1. The van der Waals surface area contributed by atoms with Gasteiger partial charge in [0, 0.05) is 25.2 Å². The number of aliphatic hydroxyl groups excluding tert-OH is 2. The lowest BCUT2D eigenvalue weighted by atomic mass is 9.85. The third-order valence-electron chi connectivity index (χ3n) is 5.50. The summed E-state index contributed by atoms with van der Waals surface area (Å²) in [6, 6.07) is 9.71. The van der Waals surface area contributed by atoms with Gasteiger partial charge in [-0.2, -0.15) is 0 Å². The van der Waals surface area contributed by atoms with Crippen molar-refractivity contribution in [2.45, 2.75) is 56.6 Å². The molecule has 0 bridgehead atoms. The molecule has 1 heterocycles. The molecular weight excluding hydrogens is 423 g/mol. The molecule has 1 aliphatic rings. The first kappa shape index (κ1) is 21.4. The van der Waals surface area contributed by atoms with Crippen LogP contribution in [0, 0.1) is 11.8 Å². The van der Waals surface area contributed by atoms with Crippen LogP contribution in [0.1, 0.15) is 41.0 Å². The quantitative estimate of drug-likeness (QED) is 0.479. The molecule has 6 heteroatoms. The Balaban J connectivity index is 1.55. The van der Waals surface area contributed by atoms with Crippen LogP contribution in [0.2, 0.25) is 10.0 Å². The summed E-state index contributed by atoms with van der Waals surface area (Å²) in [6.45, 7) is 0.110. The summed E-state index contributed by atoms with van der Waals surface area (Å²) in [7, 11) is 0. The van der Waals surface area contributed by atoms with Crippen molar-refractivity contribution in [3.8, 4) is 0 Å². The molecule has 3 rings (SSSR count). The van der Waals surface area contributed by atoms with E-state index in [1.165, 1.54) is 4.88 Å². The van der Waals surface area contributed by atoms with E-state index in [1.54, 1.807) is 17.4 Å². The monoisotopic (exact) mass is 446 g/mol. The molecule has 2 N–H and O–H groups in total.